The molecule has 2 rings (SSSR count). The van der Waals surface area contributed by atoms with Gasteiger partial charge in [-0.3, -0.25) is 4.79 Å². The van der Waals surface area contributed by atoms with Gasteiger partial charge < -0.3 is 10.2 Å². The molecule has 98 valence electrons. The van der Waals surface area contributed by atoms with Crippen LogP contribution in [0.5, 0.6) is 0 Å². The third kappa shape index (κ3) is 3.90. The molecular weight excluding hydrogens is 268 g/mol. The molecule has 18 heavy (non-hydrogen) atoms. The van der Waals surface area contributed by atoms with Gasteiger partial charge in [-0.2, -0.15) is 0 Å². The van der Waals surface area contributed by atoms with E-state index in [9.17, 15) is 4.79 Å². The highest BCUT2D eigenvalue weighted by Crippen LogP contribution is 2.27. The average Bonchev–Trinajstić information content (AvgIpc) is 2.42. The number of piperazine rings is 1. The van der Waals surface area contributed by atoms with Crippen LogP contribution in [0.2, 0.25) is 5.02 Å². The highest BCUT2D eigenvalue weighted by Gasteiger charge is 2.15. The van der Waals surface area contributed by atoms with Gasteiger partial charge >= 0.3 is 0 Å². The lowest BCUT2D eigenvalue weighted by Crippen LogP contribution is -2.46. The van der Waals surface area contributed by atoms with Gasteiger partial charge in [-0.1, -0.05) is 23.7 Å². The number of benzene rings is 1. The van der Waals surface area contributed by atoms with Gasteiger partial charge in [-0.05, 0) is 12.1 Å². The molecule has 1 aromatic carbocycles. The summed E-state index contributed by atoms with van der Waals surface area (Å²) in [5, 5.41) is 4.00. The second-order valence-electron chi connectivity index (χ2n) is 4.16. The van der Waals surface area contributed by atoms with E-state index in [4.69, 9.17) is 11.6 Å². The van der Waals surface area contributed by atoms with E-state index < -0.39 is 0 Å². The number of hydrogen-bond acceptors (Lipinski definition) is 3. The van der Waals surface area contributed by atoms with Gasteiger partial charge in [-0.15, -0.1) is 11.8 Å². The fourth-order valence-electron chi connectivity index (χ4n) is 1.88. The van der Waals surface area contributed by atoms with Crippen LogP contribution < -0.4 is 5.32 Å². The first-order valence-electron chi connectivity index (χ1n) is 6.13. The number of nitrogens with zero attached hydrogens (tertiary/aromatic N) is 1. The first-order chi connectivity index (χ1) is 8.77. The van der Waals surface area contributed by atoms with Gasteiger partial charge in [0.1, 0.15) is 0 Å². The molecule has 1 amide bonds. The maximum absolute atomic E-state index is 11.9. The molecule has 0 saturated carbocycles. The van der Waals surface area contributed by atoms with E-state index in [0.29, 0.717) is 6.42 Å². The number of rotatable bonds is 4. The number of carbonyl (C=O) groups excluding carboxylic acids is 1. The van der Waals surface area contributed by atoms with Crippen LogP contribution in [0.1, 0.15) is 6.42 Å². The van der Waals surface area contributed by atoms with E-state index in [1.807, 2.05) is 29.2 Å². The van der Waals surface area contributed by atoms with Crippen molar-refractivity contribution in [3.63, 3.8) is 0 Å². The van der Waals surface area contributed by atoms with Crippen molar-refractivity contribution in [1.82, 2.24) is 10.2 Å². The van der Waals surface area contributed by atoms with Crippen molar-refractivity contribution in [3.05, 3.63) is 29.3 Å². The molecule has 0 aromatic heterocycles. The van der Waals surface area contributed by atoms with Crippen molar-refractivity contribution in [2.24, 2.45) is 0 Å². The van der Waals surface area contributed by atoms with Crippen LogP contribution in [-0.4, -0.2) is 42.7 Å². The van der Waals surface area contributed by atoms with Crippen molar-refractivity contribution < 1.29 is 4.79 Å². The van der Waals surface area contributed by atoms with Crippen molar-refractivity contribution in [2.45, 2.75) is 11.3 Å². The molecule has 0 aliphatic carbocycles. The summed E-state index contributed by atoms with van der Waals surface area (Å²) in [6.07, 6.45) is 0.579. The van der Waals surface area contributed by atoms with Crippen molar-refractivity contribution in [3.8, 4) is 0 Å². The highest BCUT2D eigenvalue weighted by atomic mass is 35.5. The minimum atomic E-state index is 0.246. The summed E-state index contributed by atoms with van der Waals surface area (Å²) in [7, 11) is 0. The molecule has 0 bridgehead atoms. The fraction of sp³-hybridized carbons (Fsp3) is 0.462. The molecule has 1 heterocycles. The largest absolute Gasteiger partial charge is 0.340 e. The summed E-state index contributed by atoms with van der Waals surface area (Å²) in [5.41, 5.74) is 0. The molecule has 1 fully saturated rings. The Hall–Kier alpha value is -0.710. The van der Waals surface area contributed by atoms with E-state index >= 15 is 0 Å². The standard InChI is InChI=1S/C13H17ClN2OS/c14-11-3-1-2-4-12(11)18-10-5-13(17)16-8-6-15-7-9-16/h1-4,15H,5-10H2. The average molecular weight is 285 g/mol. The molecular formula is C13H17ClN2OS. The molecule has 0 spiro atoms. The van der Waals surface area contributed by atoms with Gasteiger partial charge in [0.2, 0.25) is 5.91 Å². The predicted octanol–water partition coefficient (Wildman–Crippen LogP) is 2.25. The maximum Gasteiger partial charge on any atom is 0.223 e. The fourth-order valence-corrected chi connectivity index (χ4v) is 3.06. The van der Waals surface area contributed by atoms with Crippen LogP contribution in [-0.2, 0) is 4.79 Å². The molecule has 0 unspecified atom stereocenters. The van der Waals surface area contributed by atoms with Crippen LogP contribution in [0.15, 0.2) is 29.2 Å². The molecule has 1 saturated heterocycles. The molecule has 3 nitrogen and oxygen atoms in total. The molecule has 1 N–H and O–H groups in total. The van der Waals surface area contributed by atoms with Gasteiger partial charge in [0.15, 0.2) is 0 Å². The Morgan fingerprint density at radius 2 is 2.06 bits per heavy atom. The van der Waals surface area contributed by atoms with Gasteiger partial charge in [0.25, 0.3) is 0 Å². The zero-order chi connectivity index (χ0) is 12.8. The molecule has 5 heteroatoms. The third-order valence-corrected chi connectivity index (χ3v) is 4.40. The number of hydrogen-bond donors (Lipinski definition) is 1. The first kappa shape index (κ1) is 13.7. The monoisotopic (exact) mass is 284 g/mol. The Morgan fingerprint density at radius 1 is 1.33 bits per heavy atom. The van der Waals surface area contributed by atoms with Gasteiger partial charge in [0.05, 0.1) is 5.02 Å². The van der Waals surface area contributed by atoms with Crippen molar-refractivity contribution in [2.75, 3.05) is 31.9 Å². The lowest BCUT2D eigenvalue weighted by molar-refractivity contribution is -0.131. The molecule has 0 radical (unpaired) electrons. The molecule has 0 atom stereocenters. The summed E-state index contributed by atoms with van der Waals surface area (Å²) in [6.45, 7) is 3.47. The number of thioether (sulfide) groups is 1. The van der Waals surface area contributed by atoms with E-state index in [0.717, 1.165) is 41.8 Å². The zero-order valence-corrected chi connectivity index (χ0v) is 11.8. The summed E-state index contributed by atoms with van der Waals surface area (Å²) in [4.78, 5) is 14.9. The van der Waals surface area contributed by atoms with Crippen LogP contribution in [0.4, 0.5) is 0 Å². The Morgan fingerprint density at radius 3 is 2.78 bits per heavy atom. The highest BCUT2D eigenvalue weighted by molar-refractivity contribution is 7.99. The number of carbonyl (C=O) groups is 1. The lowest BCUT2D eigenvalue weighted by Gasteiger charge is -2.27. The minimum Gasteiger partial charge on any atom is -0.340 e. The quantitative estimate of drug-likeness (QED) is 0.861. The Balaban J connectivity index is 1.75. The number of nitrogens with one attached hydrogen (secondary N) is 1. The lowest BCUT2D eigenvalue weighted by atomic mass is 10.3. The topological polar surface area (TPSA) is 32.3 Å². The summed E-state index contributed by atoms with van der Waals surface area (Å²) >= 11 is 7.71. The van der Waals surface area contributed by atoms with E-state index in [1.165, 1.54) is 0 Å². The van der Waals surface area contributed by atoms with Crippen LogP contribution in [0.3, 0.4) is 0 Å². The zero-order valence-electron chi connectivity index (χ0n) is 10.2. The van der Waals surface area contributed by atoms with Crippen molar-refractivity contribution >= 4 is 29.3 Å². The smallest absolute Gasteiger partial charge is 0.223 e. The molecule has 1 aliphatic heterocycles. The minimum absolute atomic E-state index is 0.246. The molecule has 1 aromatic rings. The second kappa shape index (κ2) is 7.02. The molecule has 1 aliphatic rings. The predicted molar refractivity (Wildman–Crippen MR) is 76.2 cm³/mol. The van der Waals surface area contributed by atoms with E-state index in [1.54, 1.807) is 11.8 Å². The first-order valence-corrected chi connectivity index (χ1v) is 7.49. The summed E-state index contributed by atoms with van der Waals surface area (Å²) < 4.78 is 0. The SMILES string of the molecule is O=C(CCSc1ccccc1Cl)N1CCNCC1. The second-order valence-corrected chi connectivity index (χ2v) is 5.70. The number of halogens is 1. The maximum atomic E-state index is 11.9. The summed E-state index contributed by atoms with van der Waals surface area (Å²) in [6, 6.07) is 7.74. The van der Waals surface area contributed by atoms with Gasteiger partial charge in [-0.25, -0.2) is 0 Å². The van der Waals surface area contributed by atoms with Gasteiger partial charge in [0, 0.05) is 43.2 Å². The summed E-state index contributed by atoms with van der Waals surface area (Å²) in [5.74, 6) is 1.03. The van der Waals surface area contributed by atoms with E-state index in [-0.39, 0.29) is 5.91 Å². The van der Waals surface area contributed by atoms with Crippen molar-refractivity contribution in [1.29, 1.82) is 0 Å². The van der Waals surface area contributed by atoms with Crippen LogP contribution in [0, 0.1) is 0 Å². The van der Waals surface area contributed by atoms with E-state index in [2.05, 4.69) is 5.32 Å². The Bertz CT molecular complexity index is 408. The van der Waals surface area contributed by atoms with Crippen LogP contribution >= 0.6 is 23.4 Å². The normalized spacial score (nSPS) is 15.7. The third-order valence-electron chi connectivity index (χ3n) is 2.88. The Kier molecular flexibility index (Phi) is 5.35. The van der Waals surface area contributed by atoms with Crippen LogP contribution in [0.25, 0.3) is 0 Å². The Labute approximate surface area is 117 Å². The number of amides is 1.